The van der Waals surface area contributed by atoms with E-state index in [1.807, 2.05) is 37.3 Å². The van der Waals surface area contributed by atoms with Crippen molar-refractivity contribution < 1.29 is 9.90 Å². The molecule has 0 radical (unpaired) electrons. The van der Waals surface area contributed by atoms with Crippen LogP contribution in [0, 0.1) is 12.8 Å². The molecule has 0 aliphatic heterocycles. The van der Waals surface area contributed by atoms with E-state index in [0.29, 0.717) is 18.6 Å². The third kappa shape index (κ3) is 2.59. The van der Waals surface area contributed by atoms with Crippen molar-refractivity contribution in [2.24, 2.45) is 16.9 Å². The third-order valence-corrected chi connectivity index (χ3v) is 3.20. The van der Waals surface area contributed by atoms with Crippen LogP contribution in [-0.4, -0.2) is 16.8 Å². The number of benzene rings is 1. The van der Waals surface area contributed by atoms with E-state index in [0.717, 1.165) is 11.1 Å². The van der Waals surface area contributed by atoms with Gasteiger partial charge in [0.15, 0.2) is 0 Å². The lowest BCUT2D eigenvalue weighted by atomic mass is 9.84. The van der Waals surface area contributed by atoms with Crippen LogP contribution in [0.3, 0.4) is 0 Å². The summed E-state index contributed by atoms with van der Waals surface area (Å²) < 4.78 is 0. The molecule has 1 aromatic rings. The van der Waals surface area contributed by atoms with E-state index in [4.69, 9.17) is 10.9 Å². The minimum absolute atomic E-state index is 0.404. The van der Waals surface area contributed by atoms with Crippen LogP contribution in [-0.2, 0) is 4.79 Å². The van der Waals surface area contributed by atoms with E-state index in [9.17, 15) is 4.79 Å². The molecule has 1 aliphatic rings. The zero-order valence-corrected chi connectivity index (χ0v) is 10.3. The number of aliphatic carboxylic acids is 1. The number of hydrogen-bond acceptors (Lipinski definition) is 3. The Hall–Kier alpha value is -2.10. The number of hydrogen-bond donors (Lipinski definition) is 2. The predicted molar refractivity (Wildman–Crippen MR) is 71.1 cm³/mol. The molecule has 0 saturated carbocycles. The second kappa shape index (κ2) is 5.04. The smallest absolute Gasteiger partial charge is 0.307 e. The summed E-state index contributed by atoms with van der Waals surface area (Å²) in [5.41, 5.74) is 3.84. The molecule has 0 fully saturated rings. The van der Waals surface area contributed by atoms with Gasteiger partial charge in [-0.1, -0.05) is 29.8 Å². The molecule has 0 aromatic heterocycles. The van der Waals surface area contributed by atoms with Gasteiger partial charge in [-0.3, -0.25) is 4.79 Å². The molecule has 0 bridgehead atoms. The van der Waals surface area contributed by atoms with Crippen molar-refractivity contribution in [2.75, 3.05) is 0 Å². The Morgan fingerprint density at radius 1 is 1.33 bits per heavy atom. The standard InChI is InChI=1S/C14H16N2O2/c1-9-2-4-10(5-3-9)11-6-12(14(17)18)8-13(7-11)16-15/h2-5,7,12H,6,8,15H2,1H3,(H,17,18)/b16-13-. The summed E-state index contributed by atoms with van der Waals surface area (Å²) in [7, 11) is 0. The fourth-order valence-corrected chi connectivity index (χ4v) is 2.14. The van der Waals surface area contributed by atoms with Gasteiger partial charge in [-0.05, 0) is 30.6 Å². The number of nitrogens with zero attached hydrogens (tertiary/aromatic N) is 1. The molecule has 94 valence electrons. The average Bonchev–Trinajstić information content (AvgIpc) is 2.39. The number of nitrogens with two attached hydrogens (primary N) is 1. The van der Waals surface area contributed by atoms with Crippen molar-refractivity contribution in [1.82, 2.24) is 0 Å². The predicted octanol–water partition coefficient (Wildman–Crippen LogP) is 2.19. The Labute approximate surface area is 106 Å². The van der Waals surface area contributed by atoms with Crippen molar-refractivity contribution in [3.63, 3.8) is 0 Å². The molecule has 0 heterocycles. The first-order valence-electron chi connectivity index (χ1n) is 5.87. The Kier molecular flexibility index (Phi) is 3.46. The van der Waals surface area contributed by atoms with Crippen LogP contribution in [0.25, 0.3) is 5.57 Å². The molecule has 2 rings (SSSR count). The number of carboxylic acid groups (broad SMARTS) is 1. The number of rotatable bonds is 2. The van der Waals surface area contributed by atoms with Gasteiger partial charge in [-0.15, -0.1) is 0 Å². The maximum Gasteiger partial charge on any atom is 0.307 e. The van der Waals surface area contributed by atoms with Crippen molar-refractivity contribution in [2.45, 2.75) is 19.8 Å². The second-order valence-corrected chi connectivity index (χ2v) is 4.60. The lowest BCUT2D eigenvalue weighted by molar-refractivity contribution is -0.141. The zero-order valence-electron chi connectivity index (χ0n) is 10.3. The van der Waals surface area contributed by atoms with E-state index in [1.165, 1.54) is 5.56 Å². The van der Waals surface area contributed by atoms with Crippen molar-refractivity contribution in [1.29, 1.82) is 0 Å². The molecule has 1 aliphatic carbocycles. The Morgan fingerprint density at radius 2 is 2.00 bits per heavy atom. The first-order chi connectivity index (χ1) is 8.60. The lowest BCUT2D eigenvalue weighted by Gasteiger charge is -2.20. The van der Waals surface area contributed by atoms with Gasteiger partial charge in [0.05, 0.1) is 11.6 Å². The zero-order chi connectivity index (χ0) is 13.1. The van der Waals surface area contributed by atoms with Crippen molar-refractivity contribution in [3.05, 3.63) is 41.5 Å². The summed E-state index contributed by atoms with van der Waals surface area (Å²) in [5.74, 6) is 4.05. The first-order valence-corrected chi connectivity index (χ1v) is 5.87. The average molecular weight is 244 g/mol. The highest BCUT2D eigenvalue weighted by Crippen LogP contribution is 2.30. The van der Waals surface area contributed by atoms with Crippen LogP contribution in [0.15, 0.2) is 35.4 Å². The van der Waals surface area contributed by atoms with E-state index in [1.54, 1.807) is 0 Å². The van der Waals surface area contributed by atoms with Gasteiger partial charge >= 0.3 is 5.97 Å². The Morgan fingerprint density at radius 3 is 2.56 bits per heavy atom. The number of hydrazone groups is 1. The Balaban J connectivity index is 2.34. The molecule has 1 aromatic carbocycles. The maximum atomic E-state index is 11.1. The number of carbonyl (C=O) groups is 1. The van der Waals surface area contributed by atoms with Crippen LogP contribution in [0.1, 0.15) is 24.0 Å². The summed E-state index contributed by atoms with van der Waals surface area (Å²) in [5, 5.41) is 12.8. The highest BCUT2D eigenvalue weighted by molar-refractivity contribution is 6.04. The van der Waals surface area contributed by atoms with E-state index in [2.05, 4.69) is 5.10 Å². The summed E-state index contributed by atoms with van der Waals surface area (Å²) in [6.07, 6.45) is 2.82. The SMILES string of the molecule is Cc1ccc(C2=C/C(=N/N)CC(C(=O)O)C2)cc1. The maximum absolute atomic E-state index is 11.1. The summed E-state index contributed by atoms with van der Waals surface area (Å²) in [6, 6.07) is 8.03. The molecule has 0 saturated heterocycles. The molecule has 18 heavy (non-hydrogen) atoms. The van der Waals surface area contributed by atoms with Gasteiger partial charge in [-0.25, -0.2) is 0 Å². The highest BCUT2D eigenvalue weighted by atomic mass is 16.4. The minimum Gasteiger partial charge on any atom is -0.481 e. The van der Waals surface area contributed by atoms with Crippen molar-refractivity contribution in [3.8, 4) is 0 Å². The topological polar surface area (TPSA) is 75.7 Å². The van der Waals surface area contributed by atoms with Gasteiger partial charge in [0.2, 0.25) is 0 Å². The van der Waals surface area contributed by atoms with Gasteiger partial charge < -0.3 is 10.9 Å². The monoisotopic (exact) mass is 244 g/mol. The normalized spacial score (nSPS) is 21.7. The van der Waals surface area contributed by atoms with Crippen molar-refractivity contribution >= 4 is 17.3 Å². The largest absolute Gasteiger partial charge is 0.481 e. The van der Waals surface area contributed by atoms with Crippen LogP contribution in [0.2, 0.25) is 0 Å². The minimum atomic E-state index is -0.797. The van der Waals surface area contributed by atoms with Gasteiger partial charge in [0, 0.05) is 6.42 Å². The van der Waals surface area contributed by atoms with Gasteiger partial charge in [-0.2, -0.15) is 5.10 Å². The molecule has 1 atom stereocenters. The number of aryl methyl sites for hydroxylation is 1. The molecule has 0 spiro atoms. The fraction of sp³-hybridized carbons (Fsp3) is 0.286. The van der Waals surface area contributed by atoms with Crippen LogP contribution in [0.4, 0.5) is 0 Å². The number of carboxylic acids is 1. The molecular formula is C14H16N2O2. The van der Waals surface area contributed by atoms with Gasteiger partial charge in [0.25, 0.3) is 0 Å². The Bertz CT molecular complexity index is 515. The van der Waals surface area contributed by atoms with E-state index < -0.39 is 11.9 Å². The van der Waals surface area contributed by atoms with Crippen LogP contribution < -0.4 is 5.84 Å². The van der Waals surface area contributed by atoms with Gasteiger partial charge in [0.1, 0.15) is 0 Å². The first kappa shape index (κ1) is 12.4. The molecular weight excluding hydrogens is 228 g/mol. The summed E-state index contributed by atoms with van der Waals surface area (Å²) in [6.45, 7) is 2.02. The lowest BCUT2D eigenvalue weighted by Crippen LogP contribution is -2.22. The van der Waals surface area contributed by atoms with Crippen LogP contribution in [0.5, 0.6) is 0 Å². The quantitative estimate of drug-likeness (QED) is 0.618. The summed E-state index contributed by atoms with van der Waals surface area (Å²) in [4.78, 5) is 11.1. The molecule has 0 amide bonds. The third-order valence-electron chi connectivity index (χ3n) is 3.20. The molecule has 4 nitrogen and oxygen atoms in total. The molecule has 1 unspecified atom stereocenters. The highest BCUT2D eigenvalue weighted by Gasteiger charge is 2.25. The second-order valence-electron chi connectivity index (χ2n) is 4.60. The van der Waals surface area contributed by atoms with E-state index >= 15 is 0 Å². The summed E-state index contributed by atoms with van der Waals surface area (Å²) >= 11 is 0. The van der Waals surface area contributed by atoms with E-state index in [-0.39, 0.29) is 0 Å². The molecule has 3 N–H and O–H groups in total. The number of allylic oxidation sites excluding steroid dienone is 2. The van der Waals surface area contributed by atoms with Crippen LogP contribution >= 0.6 is 0 Å². The molecule has 4 heteroatoms. The fourth-order valence-electron chi connectivity index (χ4n) is 2.14.